The van der Waals surface area contributed by atoms with Gasteiger partial charge in [-0.15, -0.1) is 0 Å². The molecule has 5 nitrogen and oxygen atoms in total. The van der Waals surface area contributed by atoms with Crippen LogP contribution in [0, 0.1) is 5.92 Å². The Balaban J connectivity index is 1.46. The van der Waals surface area contributed by atoms with Gasteiger partial charge < -0.3 is 10.6 Å². The van der Waals surface area contributed by atoms with E-state index < -0.39 is 0 Å². The number of carbonyl (C=O) groups excluding carboxylic acids is 1. The summed E-state index contributed by atoms with van der Waals surface area (Å²) in [5.74, 6) is 0.837. The summed E-state index contributed by atoms with van der Waals surface area (Å²) in [4.78, 5) is 18.9. The number of hydrogen-bond acceptors (Lipinski definition) is 5. The van der Waals surface area contributed by atoms with Gasteiger partial charge in [-0.1, -0.05) is 23.5 Å². The van der Waals surface area contributed by atoms with Gasteiger partial charge in [-0.05, 0) is 64.0 Å². The quantitative estimate of drug-likeness (QED) is 0.853. The molecule has 1 fully saturated rings. The van der Waals surface area contributed by atoms with Crippen molar-refractivity contribution in [1.29, 1.82) is 0 Å². The highest BCUT2D eigenvalue weighted by molar-refractivity contribution is 7.22. The first-order valence-corrected chi connectivity index (χ1v) is 9.08. The van der Waals surface area contributed by atoms with E-state index in [-0.39, 0.29) is 5.91 Å². The molecule has 124 valence electrons. The largest absolute Gasteiger partial charge is 0.320 e. The third kappa shape index (κ3) is 4.50. The molecule has 0 aliphatic carbocycles. The Kier molecular flexibility index (Phi) is 5.59. The van der Waals surface area contributed by atoms with Crippen molar-refractivity contribution < 1.29 is 4.79 Å². The number of aromatic nitrogens is 1. The predicted octanol–water partition coefficient (Wildman–Crippen LogP) is 2.56. The van der Waals surface area contributed by atoms with Crippen LogP contribution < -0.4 is 10.6 Å². The number of hydrogen-bond donors (Lipinski definition) is 2. The summed E-state index contributed by atoms with van der Waals surface area (Å²) in [5.41, 5.74) is 0.943. The van der Waals surface area contributed by atoms with Gasteiger partial charge in [-0.2, -0.15) is 0 Å². The zero-order chi connectivity index (χ0) is 16.1. The lowest BCUT2D eigenvalue weighted by atomic mass is 9.93. The van der Waals surface area contributed by atoms with E-state index >= 15 is 0 Å². The molecule has 0 unspecified atom stereocenters. The molecule has 1 aromatic heterocycles. The Labute approximate surface area is 141 Å². The van der Waals surface area contributed by atoms with Gasteiger partial charge in [0.25, 0.3) is 0 Å². The number of piperidine rings is 1. The smallest absolute Gasteiger partial charge is 0.240 e. The lowest BCUT2D eigenvalue weighted by molar-refractivity contribution is -0.117. The van der Waals surface area contributed by atoms with E-state index in [1.54, 1.807) is 0 Å². The highest BCUT2D eigenvalue weighted by Crippen LogP contribution is 2.25. The third-order valence-electron chi connectivity index (χ3n) is 4.42. The number of anilines is 1. The minimum atomic E-state index is 0.0396. The first-order chi connectivity index (χ1) is 11.2. The number of nitrogens with zero attached hydrogens (tertiary/aromatic N) is 2. The monoisotopic (exact) mass is 332 g/mol. The summed E-state index contributed by atoms with van der Waals surface area (Å²) in [6.07, 6.45) is 3.62. The summed E-state index contributed by atoms with van der Waals surface area (Å²) < 4.78 is 1.10. The molecule has 1 aliphatic rings. The van der Waals surface area contributed by atoms with E-state index in [0.29, 0.717) is 11.7 Å². The van der Waals surface area contributed by atoms with Crippen LogP contribution in [0.1, 0.15) is 19.3 Å². The highest BCUT2D eigenvalue weighted by Gasteiger charge is 2.20. The van der Waals surface area contributed by atoms with E-state index in [9.17, 15) is 4.79 Å². The number of benzene rings is 1. The van der Waals surface area contributed by atoms with Gasteiger partial charge >= 0.3 is 0 Å². The van der Waals surface area contributed by atoms with Crippen molar-refractivity contribution in [3.05, 3.63) is 24.3 Å². The maximum absolute atomic E-state index is 12.2. The molecule has 0 atom stereocenters. The van der Waals surface area contributed by atoms with Gasteiger partial charge in [0, 0.05) is 0 Å². The van der Waals surface area contributed by atoms with Gasteiger partial charge in [0.1, 0.15) is 0 Å². The molecule has 0 spiro atoms. The van der Waals surface area contributed by atoms with E-state index in [1.807, 2.05) is 31.3 Å². The van der Waals surface area contributed by atoms with Crippen LogP contribution in [0.2, 0.25) is 0 Å². The van der Waals surface area contributed by atoms with Gasteiger partial charge in [0.05, 0.1) is 16.8 Å². The second-order valence-corrected chi connectivity index (χ2v) is 7.18. The molecule has 2 N–H and O–H groups in total. The number of likely N-dealkylation sites (tertiary alicyclic amines) is 1. The summed E-state index contributed by atoms with van der Waals surface area (Å²) >= 11 is 1.53. The van der Waals surface area contributed by atoms with Gasteiger partial charge in [0.15, 0.2) is 5.13 Å². The van der Waals surface area contributed by atoms with Crippen molar-refractivity contribution >= 4 is 32.6 Å². The number of carbonyl (C=O) groups is 1. The fourth-order valence-corrected chi connectivity index (χ4v) is 3.95. The standard InChI is InChI=1S/C17H24N4OS/c1-18-9-6-13-7-10-21(11-8-13)12-16(22)20-17-19-14-4-2-3-5-15(14)23-17/h2-5,13,18H,6-12H2,1H3,(H,19,20,22). The molecule has 23 heavy (non-hydrogen) atoms. The van der Waals surface area contributed by atoms with Crippen molar-refractivity contribution in [2.45, 2.75) is 19.3 Å². The molecule has 1 saturated heterocycles. The van der Waals surface area contributed by atoms with Gasteiger partial charge in [-0.25, -0.2) is 4.98 Å². The summed E-state index contributed by atoms with van der Waals surface area (Å²) in [5, 5.41) is 6.85. The molecule has 1 aromatic carbocycles. The van der Waals surface area contributed by atoms with Crippen LogP contribution in [0.3, 0.4) is 0 Å². The van der Waals surface area contributed by atoms with E-state index in [2.05, 4.69) is 20.5 Å². The van der Waals surface area contributed by atoms with Crippen LogP contribution in [0.25, 0.3) is 10.2 Å². The molecule has 3 rings (SSSR count). The topological polar surface area (TPSA) is 57.3 Å². The molecule has 0 saturated carbocycles. The van der Waals surface area contributed by atoms with Crippen molar-refractivity contribution in [2.24, 2.45) is 5.92 Å². The molecule has 6 heteroatoms. The second kappa shape index (κ2) is 7.86. The number of para-hydroxylation sites is 1. The minimum absolute atomic E-state index is 0.0396. The fourth-order valence-electron chi connectivity index (χ4n) is 3.07. The Hall–Kier alpha value is -1.50. The second-order valence-electron chi connectivity index (χ2n) is 6.15. The lowest BCUT2D eigenvalue weighted by Gasteiger charge is -2.31. The third-order valence-corrected chi connectivity index (χ3v) is 5.37. The molecule has 1 amide bonds. The average Bonchev–Trinajstić information content (AvgIpc) is 2.96. The zero-order valence-electron chi connectivity index (χ0n) is 13.5. The Morgan fingerprint density at radius 1 is 1.35 bits per heavy atom. The Morgan fingerprint density at radius 2 is 2.13 bits per heavy atom. The fraction of sp³-hybridized carbons (Fsp3) is 0.529. The number of fused-ring (bicyclic) bond motifs is 1. The SMILES string of the molecule is CNCCC1CCN(CC(=O)Nc2nc3ccccc3s2)CC1. The van der Waals surface area contributed by atoms with E-state index in [0.717, 1.165) is 35.8 Å². The predicted molar refractivity (Wildman–Crippen MR) is 96.0 cm³/mol. The van der Waals surface area contributed by atoms with Crippen LogP contribution in [0.4, 0.5) is 5.13 Å². The molecule has 0 bridgehead atoms. The zero-order valence-corrected chi connectivity index (χ0v) is 14.4. The van der Waals surface area contributed by atoms with Crippen molar-refractivity contribution in [2.75, 3.05) is 38.5 Å². The molecule has 1 aliphatic heterocycles. The minimum Gasteiger partial charge on any atom is -0.320 e. The molecular formula is C17H24N4OS. The van der Waals surface area contributed by atoms with Crippen LogP contribution in [-0.4, -0.2) is 49.0 Å². The summed E-state index contributed by atoms with van der Waals surface area (Å²) in [6, 6.07) is 7.95. The number of nitrogens with one attached hydrogen (secondary N) is 2. The number of amides is 1. The summed E-state index contributed by atoms with van der Waals surface area (Å²) in [6.45, 7) is 3.58. The van der Waals surface area contributed by atoms with Crippen molar-refractivity contribution in [1.82, 2.24) is 15.2 Å². The maximum Gasteiger partial charge on any atom is 0.240 e. The van der Waals surface area contributed by atoms with Crippen LogP contribution in [0.5, 0.6) is 0 Å². The number of rotatable bonds is 6. The highest BCUT2D eigenvalue weighted by atomic mass is 32.1. The van der Waals surface area contributed by atoms with Crippen LogP contribution in [-0.2, 0) is 4.79 Å². The first-order valence-electron chi connectivity index (χ1n) is 8.27. The molecule has 2 aromatic rings. The first kappa shape index (κ1) is 16.4. The molecule has 2 heterocycles. The van der Waals surface area contributed by atoms with Crippen molar-refractivity contribution in [3.8, 4) is 0 Å². The van der Waals surface area contributed by atoms with Crippen molar-refractivity contribution in [3.63, 3.8) is 0 Å². The summed E-state index contributed by atoms with van der Waals surface area (Å²) in [7, 11) is 2.00. The molecule has 0 radical (unpaired) electrons. The normalized spacial score (nSPS) is 16.7. The van der Waals surface area contributed by atoms with E-state index in [1.165, 1.54) is 30.6 Å². The van der Waals surface area contributed by atoms with Crippen LogP contribution >= 0.6 is 11.3 Å². The van der Waals surface area contributed by atoms with Gasteiger partial charge in [-0.3, -0.25) is 9.69 Å². The van der Waals surface area contributed by atoms with Gasteiger partial charge in [0.2, 0.25) is 5.91 Å². The lowest BCUT2D eigenvalue weighted by Crippen LogP contribution is -2.39. The van der Waals surface area contributed by atoms with Crippen LogP contribution in [0.15, 0.2) is 24.3 Å². The average molecular weight is 332 g/mol. The maximum atomic E-state index is 12.2. The Bertz CT molecular complexity index is 616. The van der Waals surface area contributed by atoms with E-state index in [4.69, 9.17) is 0 Å². The molecular weight excluding hydrogens is 308 g/mol. The Morgan fingerprint density at radius 3 is 2.87 bits per heavy atom. The number of thiazole rings is 1.